The van der Waals surface area contributed by atoms with E-state index in [0.717, 1.165) is 19.3 Å². The molecule has 0 spiro atoms. The monoisotopic (exact) mass is 270 g/mol. The molecule has 1 fully saturated rings. The van der Waals surface area contributed by atoms with E-state index in [1.54, 1.807) is 18.3 Å². The molecule has 5 nitrogen and oxygen atoms in total. The second-order valence-corrected chi connectivity index (χ2v) is 6.82. The van der Waals surface area contributed by atoms with Crippen molar-refractivity contribution in [1.82, 2.24) is 4.98 Å². The zero-order chi connectivity index (χ0) is 13.2. The summed E-state index contributed by atoms with van der Waals surface area (Å²) in [5, 5.41) is 12.5. The van der Waals surface area contributed by atoms with E-state index in [1.165, 1.54) is 6.26 Å². The molecule has 0 aliphatic heterocycles. The maximum absolute atomic E-state index is 11.6. The highest BCUT2D eigenvalue weighted by Gasteiger charge is 2.23. The van der Waals surface area contributed by atoms with Gasteiger partial charge in [0.25, 0.3) is 0 Å². The van der Waals surface area contributed by atoms with E-state index < -0.39 is 9.84 Å². The Morgan fingerprint density at radius 3 is 2.89 bits per heavy atom. The first-order valence-electron chi connectivity index (χ1n) is 6.04. The Morgan fingerprint density at radius 1 is 1.50 bits per heavy atom. The summed E-state index contributed by atoms with van der Waals surface area (Å²) in [6.07, 6.45) is 5.10. The minimum absolute atomic E-state index is 0.213. The fraction of sp³-hybridized carbons (Fsp3) is 0.583. The van der Waals surface area contributed by atoms with Crippen molar-refractivity contribution >= 4 is 15.7 Å². The molecule has 2 unspecified atom stereocenters. The van der Waals surface area contributed by atoms with Crippen molar-refractivity contribution < 1.29 is 13.5 Å². The summed E-state index contributed by atoms with van der Waals surface area (Å²) < 4.78 is 23.2. The molecule has 1 aliphatic carbocycles. The SMILES string of the molecule is CS(=O)(=O)c1cccnc1NCC1CCC(O)C1. The van der Waals surface area contributed by atoms with E-state index >= 15 is 0 Å². The summed E-state index contributed by atoms with van der Waals surface area (Å²) in [4.78, 5) is 4.30. The van der Waals surface area contributed by atoms with E-state index in [9.17, 15) is 13.5 Å². The normalized spacial score (nSPS) is 24.1. The molecule has 0 amide bonds. The number of rotatable bonds is 4. The van der Waals surface area contributed by atoms with Crippen LogP contribution in [0.4, 0.5) is 5.82 Å². The maximum Gasteiger partial charge on any atom is 0.179 e. The number of hydrogen-bond donors (Lipinski definition) is 2. The van der Waals surface area contributed by atoms with Gasteiger partial charge >= 0.3 is 0 Å². The van der Waals surface area contributed by atoms with Gasteiger partial charge in [-0.05, 0) is 37.3 Å². The summed E-state index contributed by atoms with van der Waals surface area (Å²) in [5.74, 6) is 0.788. The van der Waals surface area contributed by atoms with Gasteiger partial charge in [-0.3, -0.25) is 0 Å². The topological polar surface area (TPSA) is 79.3 Å². The molecule has 2 N–H and O–H groups in total. The molecular formula is C12H18N2O3S. The van der Waals surface area contributed by atoms with Crippen LogP contribution in [0.2, 0.25) is 0 Å². The van der Waals surface area contributed by atoms with Crippen molar-refractivity contribution in [3.8, 4) is 0 Å². The van der Waals surface area contributed by atoms with E-state index in [1.807, 2.05) is 0 Å². The number of nitrogens with zero attached hydrogens (tertiary/aromatic N) is 1. The van der Waals surface area contributed by atoms with Crippen molar-refractivity contribution in [2.24, 2.45) is 5.92 Å². The third-order valence-corrected chi connectivity index (χ3v) is 4.37. The van der Waals surface area contributed by atoms with Gasteiger partial charge in [0.1, 0.15) is 10.7 Å². The Hall–Kier alpha value is -1.14. The average Bonchev–Trinajstić information content (AvgIpc) is 2.72. The van der Waals surface area contributed by atoms with E-state index in [0.29, 0.717) is 18.3 Å². The molecule has 0 saturated heterocycles. The highest BCUT2D eigenvalue weighted by Crippen LogP contribution is 2.26. The standard InChI is InChI=1S/C12H18N2O3S/c1-18(16,17)11-3-2-6-13-12(11)14-8-9-4-5-10(15)7-9/h2-3,6,9-10,15H,4-5,7-8H2,1H3,(H,13,14). The highest BCUT2D eigenvalue weighted by atomic mass is 32.2. The average molecular weight is 270 g/mol. The number of aromatic nitrogens is 1. The number of pyridine rings is 1. The third kappa shape index (κ3) is 3.20. The molecule has 0 radical (unpaired) electrons. The van der Waals surface area contributed by atoms with Gasteiger partial charge in [-0.1, -0.05) is 0 Å². The maximum atomic E-state index is 11.6. The molecule has 6 heteroatoms. The van der Waals surface area contributed by atoms with Gasteiger partial charge in [0.15, 0.2) is 9.84 Å². The second kappa shape index (κ2) is 5.24. The number of anilines is 1. The lowest BCUT2D eigenvalue weighted by atomic mass is 10.1. The third-order valence-electron chi connectivity index (χ3n) is 3.24. The summed E-state index contributed by atoms with van der Waals surface area (Å²) in [7, 11) is -3.26. The largest absolute Gasteiger partial charge is 0.393 e. The number of sulfone groups is 1. The minimum Gasteiger partial charge on any atom is -0.393 e. The quantitative estimate of drug-likeness (QED) is 0.855. The van der Waals surface area contributed by atoms with E-state index in [2.05, 4.69) is 10.3 Å². The lowest BCUT2D eigenvalue weighted by Crippen LogP contribution is -2.15. The van der Waals surface area contributed by atoms with Gasteiger partial charge in [-0.25, -0.2) is 13.4 Å². The van der Waals surface area contributed by atoms with Crippen molar-refractivity contribution in [3.63, 3.8) is 0 Å². The Kier molecular flexibility index (Phi) is 3.87. The van der Waals surface area contributed by atoms with Crippen molar-refractivity contribution in [2.45, 2.75) is 30.3 Å². The zero-order valence-electron chi connectivity index (χ0n) is 10.3. The number of aliphatic hydroxyl groups is 1. The number of hydrogen-bond acceptors (Lipinski definition) is 5. The molecule has 1 aliphatic rings. The number of aliphatic hydroxyl groups excluding tert-OH is 1. The van der Waals surface area contributed by atoms with E-state index in [4.69, 9.17) is 0 Å². The molecule has 2 atom stereocenters. The first-order valence-corrected chi connectivity index (χ1v) is 7.93. The Morgan fingerprint density at radius 2 is 2.28 bits per heavy atom. The summed E-state index contributed by atoms with van der Waals surface area (Å²) >= 11 is 0. The van der Waals surface area contributed by atoms with Crippen molar-refractivity contribution in [3.05, 3.63) is 18.3 Å². The number of nitrogens with one attached hydrogen (secondary N) is 1. The van der Waals surface area contributed by atoms with Gasteiger partial charge in [-0.2, -0.15) is 0 Å². The zero-order valence-corrected chi connectivity index (χ0v) is 11.2. The summed E-state index contributed by atoms with van der Waals surface area (Å²) in [5.41, 5.74) is 0. The molecule has 1 aromatic rings. The van der Waals surface area contributed by atoms with Crippen LogP contribution in [0, 0.1) is 5.92 Å². The Balaban J connectivity index is 2.06. The summed E-state index contributed by atoms with van der Waals surface area (Å²) in [6.45, 7) is 0.649. The van der Waals surface area contributed by atoms with Crippen LogP contribution >= 0.6 is 0 Å². The molecule has 0 bridgehead atoms. The van der Waals surface area contributed by atoms with Crippen LogP contribution in [0.25, 0.3) is 0 Å². The van der Waals surface area contributed by atoms with Crippen LogP contribution in [-0.4, -0.2) is 37.4 Å². The molecule has 1 saturated carbocycles. The minimum atomic E-state index is -3.26. The van der Waals surface area contributed by atoms with Crippen molar-refractivity contribution in [1.29, 1.82) is 0 Å². The van der Waals surface area contributed by atoms with Crippen LogP contribution in [0.5, 0.6) is 0 Å². The highest BCUT2D eigenvalue weighted by molar-refractivity contribution is 7.90. The smallest absolute Gasteiger partial charge is 0.179 e. The van der Waals surface area contributed by atoms with Gasteiger partial charge < -0.3 is 10.4 Å². The molecular weight excluding hydrogens is 252 g/mol. The Bertz CT molecular complexity index is 516. The second-order valence-electron chi connectivity index (χ2n) is 4.84. The van der Waals surface area contributed by atoms with Crippen LogP contribution in [0.15, 0.2) is 23.2 Å². The predicted octanol–water partition coefficient (Wildman–Crippen LogP) is 1.06. The molecule has 18 heavy (non-hydrogen) atoms. The first-order chi connectivity index (χ1) is 8.47. The van der Waals surface area contributed by atoms with Crippen molar-refractivity contribution in [2.75, 3.05) is 18.1 Å². The molecule has 1 heterocycles. The predicted molar refractivity (Wildman–Crippen MR) is 69.2 cm³/mol. The molecule has 0 aromatic carbocycles. The fourth-order valence-electron chi connectivity index (χ4n) is 2.30. The fourth-order valence-corrected chi connectivity index (χ4v) is 3.10. The van der Waals surface area contributed by atoms with Crippen LogP contribution < -0.4 is 5.32 Å². The molecule has 1 aromatic heterocycles. The van der Waals surface area contributed by atoms with Gasteiger partial charge in [0.05, 0.1) is 6.10 Å². The summed E-state index contributed by atoms with van der Waals surface area (Å²) in [6, 6.07) is 3.16. The Labute approximate surface area is 107 Å². The lowest BCUT2D eigenvalue weighted by molar-refractivity contribution is 0.178. The van der Waals surface area contributed by atoms with Crippen LogP contribution in [-0.2, 0) is 9.84 Å². The lowest BCUT2D eigenvalue weighted by Gasteiger charge is -2.13. The molecule has 100 valence electrons. The van der Waals surface area contributed by atoms with Crippen LogP contribution in [0.3, 0.4) is 0 Å². The molecule has 2 rings (SSSR count). The van der Waals surface area contributed by atoms with E-state index in [-0.39, 0.29) is 11.0 Å². The van der Waals surface area contributed by atoms with Gasteiger partial charge in [-0.15, -0.1) is 0 Å². The first kappa shape index (κ1) is 13.3. The van der Waals surface area contributed by atoms with Gasteiger partial charge in [0, 0.05) is 19.0 Å². The van der Waals surface area contributed by atoms with Gasteiger partial charge in [0.2, 0.25) is 0 Å². The van der Waals surface area contributed by atoms with Crippen LogP contribution in [0.1, 0.15) is 19.3 Å².